The second kappa shape index (κ2) is 7.88. The van der Waals surface area contributed by atoms with E-state index in [1.165, 1.54) is 30.0 Å². The fourth-order valence-electron chi connectivity index (χ4n) is 1.66. The van der Waals surface area contributed by atoms with Gasteiger partial charge in [-0.3, -0.25) is 14.9 Å². The lowest BCUT2D eigenvalue weighted by Gasteiger charge is -2.08. The van der Waals surface area contributed by atoms with E-state index >= 15 is 0 Å². The molecule has 120 valence electrons. The molecule has 9 heteroatoms. The maximum absolute atomic E-state index is 12.0. The number of carbonyl (C=O) groups excluding carboxylic acids is 1. The molecule has 1 amide bonds. The molecule has 0 aliphatic carbocycles. The summed E-state index contributed by atoms with van der Waals surface area (Å²) < 4.78 is 0. The zero-order valence-electron chi connectivity index (χ0n) is 11.4. The van der Waals surface area contributed by atoms with E-state index in [0.717, 1.165) is 0 Å². The number of anilines is 1. The average molecular weight is 392 g/mol. The van der Waals surface area contributed by atoms with Gasteiger partial charge in [-0.05, 0) is 18.2 Å². The lowest BCUT2D eigenvalue weighted by atomic mass is 10.3. The van der Waals surface area contributed by atoms with Crippen LogP contribution in [0.5, 0.6) is 0 Å². The number of hydrogen-bond acceptors (Lipinski definition) is 4. The number of nitrogens with zero attached hydrogens (tertiary/aromatic N) is 1. The van der Waals surface area contributed by atoms with Gasteiger partial charge in [-0.25, -0.2) is 0 Å². The third-order valence-electron chi connectivity index (χ3n) is 2.70. The van der Waals surface area contributed by atoms with Crippen LogP contribution in [0.2, 0.25) is 15.1 Å². The maximum atomic E-state index is 12.0. The minimum Gasteiger partial charge on any atom is -0.324 e. The zero-order valence-corrected chi connectivity index (χ0v) is 14.5. The van der Waals surface area contributed by atoms with Crippen LogP contribution in [-0.4, -0.2) is 16.6 Å². The number of amides is 1. The van der Waals surface area contributed by atoms with Gasteiger partial charge >= 0.3 is 0 Å². The molecule has 0 aliphatic rings. The van der Waals surface area contributed by atoms with Crippen molar-refractivity contribution in [3.8, 4) is 0 Å². The number of thioether (sulfide) groups is 1. The van der Waals surface area contributed by atoms with Crippen molar-refractivity contribution in [1.29, 1.82) is 0 Å². The summed E-state index contributed by atoms with van der Waals surface area (Å²) in [6, 6.07) is 8.90. The average Bonchev–Trinajstić information content (AvgIpc) is 2.48. The van der Waals surface area contributed by atoms with Crippen LogP contribution in [0.1, 0.15) is 0 Å². The fraction of sp³-hybridized carbons (Fsp3) is 0.0714. The molecule has 23 heavy (non-hydrogen) atoms. The van der Waals surface area contributed by atoms with Gasteiger partial charge in [0.2, 0.25) is 5.91 Å². The number of non-ortho nitro benzene ring substituents is 1. The molecule has 0 saturated carbocycles. The molecule has 2 aromatic carbocycles. The van der Waals surface area contributed by atoms with Crippen molar-refractivity contribution in [3.05, 3.63) is 61.6 Å². The summed E-state index contributed by atoms with van der Waals surface area (Å²) in [5, 5.41) is 14.2. The lowest BCUT2D eigenvalue weighted by Crippen LogP contribution is -2.14. The topological polar surface area (TPSA) is 72.2 Å². The minimum atomic E-state index is -0.563. The molecule has 0 spiro atoms. The first-order chi connectivity index (χ1) is 10.9. The Balaban J connectivity index is 2.01. The van der Waals surface area contributed by atoms with Crippen molar-refractivity contribution in [1.82, 2.24) is 0 Å². The van der Waals surface area contributed by atoms with E-state index in [1.54, 1.807) is 18.2 Å². The minimum absolute atomic E-state index is 0.0662. The number of hydrogen-bond donors (Lipinski definition) is 1. The smallest absolute Gasteiger partial charge is 0.271 e. The monoisotopic (exact) mass is 390 g/mol. The molecule has 0 aromatic heterocycles. The Morgan fingerprint density at radius 3 is 2.35 bits per heavy atom. The number of carbonyl (C=O) groups is 1. The predicted octanol–water partition coefficient (Wildman–Crippen LogP) is 5.29. The summed E-state index contributed by atoms with van der Waals surface area (Å²) in [6.45, 7) is 0. The molecule has 2 rings (SSSR count). The quantitative estimate of drug-likeness (QED) is 0.427. The third-order valence-corrected chi connectivity index (χ3v) is 5.01. The molecule has 0 unspecified atom stereocenters. The van der Waals surface area contributed by atoms with Crippen LogP contribution in [-0.2, 0) is 4.79 Å². The number of nitrogens with one attached hydrogen (secondary N) is 1. The van der Waals surface area contributed by atoms with Crippen LogP contribution in [0.4, 0.5) is 11.4 Å². The number of nitro benzene ring substituents is 1. The normalized spacial score (nSPS) is 10.4. The lowest BCUT2D eigenvalue weighted by molar-refractivity contribution is -0.384. The van der Waals surface area contributed by atoms with Crippen LogP contribution in [0.25, 0.3) is 0 Å². The number of rotatable bonds is 5. The second-order valence-corrected chi connectivity index (χ2v) is 6.52. The van der Waals surface area contributed by atoms with E-state index in [2.05, 4.69) is 5.32 Å². The highest BCUT2D eigenvalue weighted by molar-refractivity contribution is 8.00. The van der Waals surface area contributed by atoms with E-state index in [1.807, 2.05) is 0 Å². The zero-order chi connectivity index (χ0) is 17.0. The van der Waals surface area contributed by atoms with Gasteiger partial charge in [0.05, 0.1) is 31.4 Å². The summed E-state index contributed by atoms with van der Waals surface area (Å²) in [4.78, 5) is 22.7. The highest BCUT2D eigenvalue weighted by Crippen LogP contribution is 2.34. The summed E-state index contributed by atoms with van der Waals surface area (Å²) in [5.74, 6) is -0.265. The summed E-state index contributed by atoms with van der Waals surface area (Å²) >= 11 is 19.2. The number of benzene rings is 2. The molecule has 0 bridgehead atoms. The van der Waals surface area contributed by atoms with Crippen LogP contribution in [0.3, 0.4) is 0 Å². The van der Waals surface area contributed by atoms with E-state index in [4.69, 9.17) is 34.8 Å². The Hall–Kier alpha value is -1.47. The molecular formula is C14H9Cl3N2O3S. The van der Waals surface area contributed by atoms with Crippen LogP contribution >= 0.6 is 46.6 Å². The van der Waals surface area contributed by atoms with Gasteiger partial charge in [-0.1, -0.05) is 40.9 Å². The summed E-state index contributed by atoms with van der Waals surface area (Å²) in [7, 11) is 0. The second-order valence-electron chi connectivity index (χ2n) is 4.31. The molecule has 0 heterocycles. The first kappa shape index (κ1) is 17.9. The van der Waals surface area contributed by atoms with Gasteiger partial charge < -0.3 is 5.32 Å². The van der Waals surface area contributed by atoms with Crippen LogP contribution in [0.15, 0.2) is 41.3 Å². The van der Waals surface area contributed by atoms with Gasteiger partial charge in [0, 0.05) is 17.0 Å². The highest BCUT2D eigenvalue weighted by atomic mass is 35.5. The van der Waals surface area contributed by atoms with Crippen molar-refractivity contribution >= 4 is 63.8 Å². The molecule has 5 nitrogen and oxygen atoms in total. The standard InChI is InChI=1S/C14H9Cl3N2O3S/c15-9-2-1-3-10(16)14(9)23-7-13(20)18-12-5-4-8(19(21)22)6-11(12)17/h1-6H,7H2,(H,18,20). The van der Waals surface area contributed by atoms with E-state index in [-0.39, 0.29) is 22.4 Å². The Labute approximate surface area is 151 Å². The highest BCUT2D eigenvalue weighted by Gasteiger charge is 2.13. The van der Waals surface area contributed by atoms with Crippen molar-refractivity contribution in [3.63, 3.8) is 0 Å². The molecule has 0 saturated heterocycles. The SMILES string of the molecule is O=C(CSc1c(Cl)cccc1Cl)Nc1ccc([N+](=O)[O-])cc1Cl. The maximum Gasteiger partial charge on any atom is 0.271 e. The van der Waals surface area contributed by atoms with Gasteiger partial charge in [-0.2, -0.15) is 0 Å². The molecule has 0 fully saturated rings. The van der Waals surface area contributed by atoms with Gasteiger partial charge in [0.1, 0.15) is 0 Å². The summed E-state index contributed by atoms with van der Waals surface area (Å²) in [6.07, 6.45) is 0. The first-order valence-electron chi connectivity index (χ1n) is 6.19. The molecule has 0 atom stereocenters. The Bertz CT molecular complexity index is 751. The van der Waals surface area contributed by atoms with Crippen molar-refractivity contribution in [2.45, 2.75) is 4.90 Å². The van der Waals surface area contributed by atoms with Crippen molar-refractivity contribution < 1.29 is 9.72 Å². The Morgan fingerprint density at radius 2 is 1.78 bits per heavy atom. The largest absolute Gasteiger partial charge is 0.324 e. The third kappa shape index (κ3) is 4.75. The van der Waals surface area contributed by atoms with Crippen molar-refractivity contribution in [2.24, 2.45) is 0 Å². The van der Waals surface area contributed by atoms with Gasteiger partial charge in [0.25, 0.3) is 5.69 Å². The van der Waals surface area contributed by atoms with E-state index in [9.17, 15) is 14.9 Å². The molecule has 0 aliphatic heterocycles. The van der Waals surface area contributed by atoms with E-state index < -0.39 is 4.92 Å². The molecular weight excluding hydrogens is 383 g/mol. The van der Waals surface area contributed by atoms with Gasteiger partial charge in [-0.15, -0.1) is 11.8 Å². The molecule has 0 radical (unpaired) electrons. The molecule has 1 N–H and O–H groups in total. The van der Waals surface area contributed by atoms with Crippen LogP contribution in [0, 0.1) is 10.1 Å². The Morgan fingerprint density at radius 1 is 1.13 bits per heavy atom. The van der Waals surface area contributed by atoms with Crippen LogP contribution < -0.4 is 5.32 Å². The van der Waals surface area contributed by atoms with Gasteiger partial charge in [0.15, 0.2) is 0 Å². The molecule has 2 aromatic rings. The Kier molecular flexibility index (Phi) is 6.12. The number of halogens is 3. The van der Waals surface area contributed by atoms with Crippen molar-refractivity contribution in [2.75, 3.05) is 11.1 Å². The fourth-order valence-corrected chi connectivity index (χ4v) is 3.37. The van der Waals surface area contributed by atoms with E-state index in [0.29, 0.717) is 20.6 Å². The number of nitro groups is 1. The predicted molar refractivity (Wildman–Crippen MR) is 93.9 cm³/mol. The first-order valence-corrected chi connectivity index (χ1v) is 8.31. The summed E-state index contributed by atoms with van der Waals surface area (Å²) in [5.41, 5.74) is 0.151.